The summed E-state index contributed by atoms with van der Waals surface area (Å²) in [4.78, 5) is 52.9. The molecule has 2 aliphatic carbocycles. The van der Waals surface area contributed by atoms with Crippen LogP contribution in [0.15, 0.2) is 54.6 Å². The topological polar surface area (TPSA) is 118 Å². The van der Waals surface area contributed by atoms with E-state index >= 15 is 0 Å². The van der Waals surface area contributed by atoms with Crippen LogP contribution < -0.4 is 16.4 Å². The third-order valence-corrected chi connectivity index (χ3v) is 7.99. The summed E-state index contributed by atoms with van der Waals surface area (Å²) in [6, 6.07) is 14.5. The van der Waals surface area contributed by atoms with Gasteiger partial charge in [0.15, 0.2) is 17.6 Å². The Kier molecular flexibility index (Phi) is 11.7. The molecule has 0 aliphatic heterocycles. The van der Waals surface area contributed by atoms with Gasteiger partial charge in [-0.2, -0.15) is 0 Å². The molecule has 1 unspecified atom stereocenters. The highest BCUT2D eigenvalue weighted by Gasteiger charge is 2.34. The number of benzene rings is 2. The van der Waals surface area contributed by atoms with Crippen molar-refractivity contribution in [2.75, 3.05) is 6.54 Å². The summed E-state index contributed by atoms with van der Waals surface area (Å²) in [6.45, 7) is 0.613. The first kappa shape index (κ1) is 30.5. The van der Waals surface area contributed by atoms with Crippen molar-refractivity contribution in [1.82, 2.24) is 10.6 Å². The van der Waals surface area contributed by atoms with Gasteiger partial charge in [-0.3, -0.25) is 19.2 Å². The van der Waals surface area contributed by atoms with E-state index in [1.807, 2.05) is 18.2 Å². The number of nitrogens with one attached hydrogen (secondary N) is 2. The maximum atomic E-state index is 13.7. The fourth-order valence-corrected chi connectivity index (χ4v) is 5.61. The molecule has 0 saturated heterocycles. The minimum Gasteiger partial charge on any atom is -0.351 e. The second-order valence-electron chi connectivity index (χ2n) is 10.8. The fraction of sp³-hybridized carbons (Fsp3) is 0.484. The monoisotopic (exact) mass is 553 g/mol. The molecule has 4 rings (SSSR count). The van der Waals surface area contributed by atoms with Crippen LogP contribution in [-0.2, 0) is 16.0 Å². The van der Waals surface area contributed by atoms with E-state index in [9.17, 15) is 19.2 Å². The average Bonchev–Trinajstić information content (AvgIpc) is 2.96. The third kappa shape index (κ3) is 8.48. The molecule has 2 fully saturated rings. The number of rotatable bonds is 10. The molecule has 0 bridgehead atoms. The van der Waals surface area contributed by atoms with Crippen LogP contribution in [0.3, 0.4) is 0 Å². The van der Waals surface area contributed by atoms with Gasteiger partial charge in [0.2, 0.25) is 5.91 Å². The van der Waals surface area contributed by atoms with E-state index in [2.05, 4.69) is 10.6 Å². The second-order valence-corrected chi connectivity index (χ2v) is 10.8. The van der Waals surface area contributed by atoms with Crippen LogP contribution >= 0.6 is 12.4 Å². The van der Waals surface area contributed by atoms with E-state index in [4.69, 9.17) is 5.73 Å². The third-order valence-electron chi connectivity index (χ3n) is 7.99. The summed E-state index contributed by atoms with van der Waals surface area (Å²) in [7, 11) is 0. The van der Waals surface area contributed by atoms with Gasteiger partial charge < -0.3 is 16.4 Å². The van der Waals surface area contributed by atoms with Crippen molar-refractivity contribution in [3.8, 4) is 0 Å². The van der Waals surface area contributed by atoms with Gasteiger partial charge >= 0.3 is 0 Å². The first-order valence-electron chi connectivity index (χ1n) is 14.0. The van der Waals surface area contributed by atoms with Gasteiger partial charge in [0.25, 0.3) is 5.91 Å². The molecule has 0 spiro atoms. The van der Waals surface area contributed by atoms with Gasteiger partial charge in [0.1, 0.15) is 0 Å². The molecule has 7 nitrogen and oxygen atoms in total. The standard InChI is InChI=1S/C31H39N3O4.ClH/c32-20-21-14-16-24(17-15-21)30(37)34-28(31(38)33-26-12-5-2-6-13-26)29(36)25-11-7-8-22(18-25)19-27(35)23-9-3-1-4-10-23;/h1,3-4,7-11,18,21,24,26,28H,2,5-6,12-17,19-20,32H2,(H,33,38)(H,34,37);1H/t21-,24-,28?;. The number of carbonyl (C=O) groups is 4. The number of halogens is 1. The van der Waals surface area contributed by atoms with E-state index in [0.717, 1.165) is 44.9 Å². The lowest BCUT2D eigenvalue weighted by atomic mass is 9.81. The molecule has 210 valence electrons. The molecule has 2 aromatic rings. The van der Waals surface area contributed by atoms with Gasteiger partial charge in [-0.1, -0.05) is 67.8 Å². The maximum Gasteiger partial charge on any atom is 0.250 e. The van der Waals surface area contributed by atoms with Crippen molar-refractivity contribution in [2.45, 2.75) is 76.3 Å². The summed E-state index contributed by atoms with van der Waals surface area (Å²) >= 11 is 0. The number of hydrogen-bond acceptors (Lipinski definition) is 5. The van der Waals surface area contributed by atoms with Crippen molar-refractivity contribution in [3.63, 3.8) is 0 Å². The van der Waals surface area contributed by atoms with Crippen molar-refractivity contribution in [1.29, 1.82) is 0 Å². The van der Waals surface area contributed by atoms with E-state index in [-0.39, 0.29) is 42.5 Å². The second kappa shape index (κ2) is 14.9. The summed E-state index contributed by atoms with van der Waals surface area (Å²) in [5, 5.41) is 5.81. The quantitative estimate of drug-likeness (QED) is 0.297. The van der Waals surface area contributed by atoms with Gasteiger partial charge in [-0.05, 0) is 62.6 Å². The number of amides is 2. The minimum atomic E-state index is -1.31. The Bertz CT molecular complexity index is 1130. The SMILES string of the molecule is Cl.NC[C@H]1CC[C@H](C(=O)NC(C(=O)NC2CCCCC2)C(=O)c2cccc(CC(=O)c3ccccc3)c2)CC1. The summed E-state index contributed by atoms with van der Waals surface area (Å²) in [5.74, 6) is -1.04. The van der Waals surface area contributed by atoms with Crippen molar-refractivity contribution >= 4 is 35.8 Å². The number of ketones is 2. The van der Waals surface area contributed by atoms with E-state index in [1.165, 1.54) is 0 Å². The Morgan fingerprint density at radius 2 is 1.49 bits per heavy atom. The number of nitrogens with two attached hydrogens (primary N) is 1. The highest BCUT2D eigenvalue weighted by molar-refractivity contribution is 6.15. The largest absolute Gasteiger partial charge is 0.351 e. The van der Waals surface area contributed by atoms with Crippen LogP contribution in [0.4, 0.5) is 0 Å². The minimum absolute atomic E-state index is 0. The summed E-state index contributed by atoms with van der Waals surface area (Å²) in [6.07, 6.45) is 8.27. The Hall–Kier alpha value is -3.03. The normalized spacial score (nSPS) is 20.2. The molecule has 8 heteroatoms. The van der Waals surface area contributed by atoms with Crippen molar-refractivity contribution < 1.29 is 19.2 Å². The van der Waals surface area contributed by atoms with Gasteiger partial charge in [0.05, 0.1) is 0 Å². The zero-order valence-corrected chi connectivity index (χ0v) is 23.2. The zero-order chi connectivity index (χ0) is 26.9. The maximum absolute atomic E-state index is 13.7. The highest BCUT2D eigenvalue weighted by atomic mass is 35.5. The molecule has 0 aromatic heterocycles. The fourth-order valence-electron chi connectivity index (χ4n) is 5.61. The Morgan fingerprint density at radius 3 is 2.15 bits per heavy atom. The highest BCUT2D eigenvalue weighted by Crippen LogP contribution is 2.28. The first-order valence-corrected chi connectivity index (χ1v) is 14.0. The summed E-state index contributed by atoms with van der Waals surface area (Å²) < 4.78 is 0. The molecule has 2 saturated carbocycles. The van der Waals surface area contributed by atoms with E-state index < -0.39 is 17.7 Å². The molecule has 2 aliphatic rings. The van der Waals surface area contributed by atoms with Crippen LogP contribution in [-0.4, -0.2) is 42.0 Å². The predicted molar refractivity (Wildman–Crippen MR) is 154 cm³/mol. The zero-order valence-electron chi connectivity index (χ0n) is 22.4. The number of hydrogen-bond donors (Lipinski definition) is 3. The summed E-state index contributed by atoms with van der Waals surface area (Å²) in [5.41, 5.74) is 7.38. The average molecular weight is 554 g/mol. The molecule has 39 heavy (non-hydrogen) atoms. The Labute approximate surface area is 237 Å². The lowest BCUT2D eigenvalue weighted by Gasteiger charge is -2.29. The molecular weight excluding hydrogens is 514 g/mol. The van der Waals surface area contributed by atoms with Crippen LogP contribution in [0.25, 0.3) is 0 Å². The van der Waals surface area contributed by atoms with Crippen LogP contribution in [0.5, 0.6) is 0 Å². The lowest BCUT2D eigenvalue weighted by Crippen LogP contribution is -2.55. The molecule has 4 N–H and O–H groups in total. The van der Waals surface area contributed by atoms with Gasteiger partial charge in [-0.15, -0.1) is 12.4 Å². The molecule has 1 atom stereocenters. The molecule has 2 aromatic carbocycles. The lowest BCUT2D eigenvalue weighted by molar-refractivity contribution is -0.131. The van der Waals surface area contributed by atoms with Crippen molar-refractivity contribution in [2.24, 2.45) is 17.6 Å². The van der Waals surface area contributed by atoms with Crippen LogP contribution in [0, 0.1) is 11.8 Å². The van der Waals surface area contributed by atoms with Crippen LogP contribution in [0.1, 0.15) is 84.1 Å². The van der Waals surface area contributed by atoms with E-state index in [0.29, 0.717) is 42.0 Å². The molecule has 2 amide bonds. The number of carbonyl (C=O) groups excluding carboxylic acids is 4. The number of Topliss-reactive ketones (excluding diaryl/α,β-unsaturated/α-hetero) is 2. The molecule has 0 heterocycles. The smallest absolute Gasteiger partial charge is 0.250 e. The van der Waals surface area contributed by atoms with Gasteiger partial charge in [0, 0.05) is 29.5 Å². The Balaban J connectivity index is 0.00000420. The van der Waals surface area contributed by atoms with E-state index in [1.54, 1.807) is 36.4 Å². The Morgan fingerprint density at radius 1 is 0.821 bits per heavy atom. The first-order chi connectivity index (χ1) is 18.4. The van der Waals surface area contributed by atoms with Crippen molar-refractivity contribution in [3.05, 3.63) is 71.3 Å². The van der Waals surface area contributed by atoms with Gasteiger partial charge in [-0.25, -0.2) is 0 Å². The predicted octanol–water partition coefficient (Wildman–Crippen LogP) is 4.42. The molecule has 0 radical (unpaired) electrons. The van der Waals surface area contributed by atoms with Crippen LogP contribution in [0.2, 0.25) is 0 Å². The molecular formula is C31H40ClN3O4.